The van der Waals surface area contributed by atoms with Crippen LogP contribution in [0.15, 0.2) is 70.2 Å². The Labute approximate surface area is 197 Å². The monoisotopic (exact) mass is 486 g/mol. The van der Waals surface area contributed by atoms with Crippen LogP contribution in [0.5, 0.6) is 11.5 Å². The molecule has 1 atom stereocenters. The van der Waals surface area contributed by atoms with Crippen LogP contribution in [0.3, 0.4) is 0 Å². The Kier molecular flexibility index (Phi) is 7.46. The lowest BCUT2D eigenvalue weighted by Crippen LogP contribution is -2.44. The molecule has 2 aromatic carbocycles. The zero-order chi connectivity index (χ0) is 24.0. The third-order valence-electron chi connectivity index (χ3n) is 5.23. The van der Waals surface area contributed by atoms with Crippen LogP contribution in [0.1, 0.15) is 24.1 Å². The zero-order valence-corrected chi connectivity index (χ0v) is 19.4. The van der Waals surface area contributed by atoms with Crippen molar-refractivity contribution in [1.82, 2.24) is 10.1 Å². The van der Waals surface area contributed by atoms with E-state index in [1.165, 1.54) is 0 Å². The molecule has 0 bridgehead atoms. The van der Waals surface area contributed by atoms with Gasteiger partial charge in [-0.25, -0.2) is 4.99 Å². The Morgan fingerprint density at radius 1 is 1.15 bits per heavy atom. The summed E-state index contributed by atoms with van der Waals surface area (Å²) in [6.45, 7) is 3.99. The maximum Gasteiger partial charge on any atom is 0.285 e. The number of guanidine groups is 1. The molecule has 2 N–H and O–H groups in total. The van der Waals surface area contributed by atoms with E-state index in [0.29, 0.717) is 43.6 Å². The molecule has 0 radical (unpaired) electrons. The second-order valence-corrected chi connectivity index (χ2v) is 9.16. The first-order valence-corrected chi connectivity index (χ1v) is 12.4. The molecule has 1 unspecified atom stereocenters. The highest BCUT2D eigenvalue weighted by Gasteiger charge is 2.20. The summed E-state index contributed by atoms with van der Waals surface area (Å²) in [6, 6.07) is 19.0. The number of aliphatic imine (C=N–C) groups is 1. The van der Waals surface area contributed by atoms with Crippen molar-refractivity contribution in [2.75, 3.05) is 37.5 Å². The summed E-state index contributed by atoms with van der Waals surface area (Å²) in [5.41, 5.74) is 1.66. The lowest BCUT2D eigenvalue weighted by Gasteiger charge is -2.29. The predicted octanol–water partition coefficient (Wildman–Crippen LogP) is 3.56. The van der Waals surface area contributed by atoms with E-state index in [4.69, 9.17) is 18.5 Å². The molecule has 34 heavy (non-hydrogen) atoms. The van der Waals surface area contributed by atoms with Crippen molar-refractivity contribution in [3.63, 3.8) is 0 Å². The lowest BCUT2D eigenvalue weighted by molar-refractivity contribution is 0.0679. The van der Waals surface area contributed by atoms with Gasteiger partial charge in [-0.1, -0.05) is 42.4 Å². The summed E-state index contributed by atoms with van der Waals surface area (Å²) in [5.74, 6) is 1.16. The van der Waals surface area contributed by atoms with Crippen molar-refractivity contribution in [2.24, 2.45) is 4.99 Å². The molecule has 0 aliphatic carbocycles. The topological polar surface area (TPSA) is 126 Å². The van der Waals surface area contributed by atoms with Crippen LogP contribution in [0.25, 0.3) is 0 Å². The molecular formula is C23H26N4O6S. The molecule has 180 valence electrons. The number of ether oxygens (including phenoxy) is 2. The maximum atomic E-state index is 11.2. The molecule has 11 heteroatoms. The van der Waals surface area contributed by atoms with Gasteiger partial charge in [-0.05, 0) is 29.8 Å². The minimum absolute atomic E-state index is 0.0970. The summed E-state index contributed by atoms with van der Waals surface area (Å²) in [7, 11) is -4.26. The van der Waals surface area contributed by atoms with Gasteiger partial charge >= 0.3 is 0 Å². The molecule has 0 amide bonds. The van der Waals surface area contributed by atoms with Crippen LogP contribution in [-0.4, -0.2) is 61.2 Å². The van der Waals surface area contributed by atoms with Gasteiger partial charge in [0, 0.05) is 25.1 Å². The van der Waals surface area contributed by atoms with E-state index < -0.39 is 16.0 Å². The molecule has 0 spiro atoms. The molecule has 4 rings (SSSR count). The fourth-order valence-corrected chi connectivity index (χ4v) is 3.73. The van der Waals surface area contributed by atoms with E-state index in [0.717, 1.165) is 11.3 Å². The molecule has 2 heterocycles. The third kappa shape index (κ3) is 6.56. The number of benzene rings is 2. The van der Waals surface area contributed by atoms with Crippen LogP contribution in [0.2, 0.25) is 0 Å². The smallest absolute Gasteiger partial charge is 0.285 e. The quantitative estimate of drug-likeness (QED) is 0.293. The molecule has 1 aliphatic rings. The van der Waals surface area contributed by atoms with Gasteiger partial charge in [0.25, 0.3) is 10.1 Å². The first-order valence-electron chi connectivity index (χ1n) is 10.8. The molecule has 1 saturated heterocycles. The predicted molar refractivity (Wildman–Crippen MR) is 127 cm³/mol. The van der Waals surface area contributed by atoms with Crippen molar-refractivity contribution in [1.29, 1.82) is 0 Å². The van der Waals surface area contributed by atoms with E-state index in [1.54, 1.807) is 6.07 Å². The Morgan fingerprint density at radius 3 is 2.62 bits per heavy atom. The van der Waals surface area contributed by atoms with Gasteiger partial charge in [-0.15, -0.1) is 0 Å². The Balaban J connectivity index is 1.48. The fraction of sp³-hybridized carbons (Fsp3) is 0.304. The zero-order valence-electron chi connectivity index (χ0n) is 18.6. The summed E-state index contributed by atoms with van der Waals surface area (Å²) in [5, 5.41) is 7.15. The van der Waals surface area contributed by atoms with Crippen molar-refractivity contribution in [3.8, 4) is 11.5 Å². The summed E-state index contributed by atoms with van der Waals surface area (Å²) in [4.78, 5) is 5.84. The number of hydrogen-bond acceptors (Lipinski definition) is 7. The number of para-hydroxylation sites is 1. The van der Waals surface area contributed by atoms with Crippen LogP contribution in [0.4, 0.5) is 5.88 Å². The Bertz CT molecular complexity index is 1220. The first kappa shape index (κ1) is 23.7. The molecular weight excluding hydrogens is 460 g/mol. The SMILES string of the molecule is CC(c1cccc(Oc2ccccc2)c1)c1cc(NC(=NCS(=O)(=O)O)N2CCOCC2)on1. The highest BCUT2D eigenvalue weighted by Crippen LogP contribution is 2.29. The van der Waals surface area contributed by atoms with Crippen LogP contribution in [0, 0.1) is 0 Å². The van der Waals surface area contributed by atoms with Gasteiger partial charge in [-0.3, -0.25) is 9.87 Å². The molecule has 1 aromatic heterocycles. The Morgan fingerprint density at radius 2 is 1.88 bits per heavy atom. The second-order valence-electron chi connectivity index (χ2n) is 7.74. The number of aromatic nitrogens is 1. The van der Waals surface area contributed by atoms with E-state index in [2.05, 4.69) is 15.5 Å². The van der Waals surface area contributed by atoms with Crippen LogP contribution < -0.4 is 10.1 Å². The van der Waals surface area contributed by atoms with E-state index in [1.807, 2.05) is 66.4 Å². The Hall–Kier alpha value is -3.41. The summed E-state index contributed by atoms with van der Waals surface area (Å²) < 4.78 is 48.2. The normalized spacial score (nSPS) is 15.7. The summed E-state index contributed by atoms with van der Waals surface area (Å²) >= 11 is 0. The lowest BCUT2D eigenvalue weighted by atomic mass is 9.98. The number of nitrogens with one attached hydrogen (secondary N) is 1. The number of hydrogen-bond donors (Lipinski definition) is 2. The highest BCUT2D eigenvalue weighted by molar-refractivity contribution is 7.85. The van der Waals surface area contributed by atoms with Crippen LogP contribution in [-0.2, 0) is 14.9 Å². The number of morpholine rings is 1. The van der Waals surface area contributed by atoms with Crippen molar-refractivity contribution >= 4 is 22.0 Å². The van der Waals surface area contributed by atoms with Gasteiger partial charge in [-0.2, -0.15) is 8.42 Å². The van der Waals surface area contributed by atoms with Gasteiger partial charge in [0.15, 0.2) is 5.88 Å². The van der Waals surface area contributed by atoms with E-state index >= 15 is 0 Å². The first-order chi connectivity index (χ1) is 16.4. The van der Waals surface area contributed by atoms with Crippen LogP contribution >= 0.6 is 0 Å². The molecule has 0 saturated carbocycles. The highest BCUT2D eigenvalue weighted by atomic mass is 32.2. The largest absolute Gasteiger partial charge is 0.457 e. The standard InChI is InChI=1S/C23H26N4O6S/c1-17(18-6-5-9-20(14-18)32-19-7-3-2-4-8-19)21-15-22(33-26-21)25-23(24-16-34(28,29)30)27-10-12-31-13-11-27/h2-9,14-15,17H,10-13,16H2,1H3,(H,24,25)(H,28,29,30). The van der Waals surface area contributed by atoms with E-state index in [-0.39, 0.29) is 11.9 Å². The number of nitrogens with zero attached hydrogens (tertiary/aromatic N) is 3. The van der Waals surface area contributed by atoms with Crippen molar-refractivity contribution < 1.29 is 27.0 Å². The van der Waals surface area contributed by atoms with Crippen molar-refractivity contribution in [2.45, 2.75) is 12.8 Å². The van der Waals surface area contributed by atoms with Gasteiger partial charge in [0.1, 0.15) is 11.5 Å². The molecule has 1 fully saturated rings. The number of anilines is 1. The van der Waals surface area contributed by atoms with Gasteiger partial charge in [0.05, 0.1) is 18.9 Å². The summed E-state index contributed by atoms with van der Waals surface area (Å²) in [6.07, 6.45) is 0. The minimum atomic E-state index is -4.26. The van der Waals surface area contributed by atoms with Crippen molar-refractivity contribution in [3.05, 3.63) is 71.9 Å². The molecule has 10 nitrogen and oxygen atoms in total. The average molecular weight is 487 g/mol. The minimum Gasteiger partial charge on any atom is -0.457 e. The molecule has 3 aromatic rings. The van der Waals surface area contributed by atoms with E-state index in [9.17, 15) is 8.42 Å². The molecule has 1 aliphatic heterocycles. The average Bonchev–Trinajstić information content (AvgIpc) is 3.31. The van der Waals surface area contributed by atoms with Gasteiger partial charge < -0.3 is 18.9 Å². The third-order valence-corrected chi connectivity index (χ3v) is 5.69. The maximum absolute atomic E-state index is 11.2. The van der Waals surface area contributed by atoms with Gasteiger partial charge in [0.2, 0.25) is 11.8 Å². The second kappa shape index (κ2) is 10.7. The fourth-order valence-electron chi connectivity index (χ4n) is 3.44. The number of rotatable bonds is 7.